The van der Waals surface area contributed by atoms with Crippen molar-refractivity contribution in [2.24, 2.45) is 4.99 Å². The van der Waals surface area contributed by atoms with E-state index >= 15 is 0 Å². The molecule has 2 amide bonds. The first kappa shape index (κ1) is 20.3. The molecule has 0 aliphatic heterocycles. The Labute approximate surface area is 173 Å². The van der Waals surface area contributed by atoms with Crippen LogP contribution in [0, 0.1) is 0 Å². The molecule has 2 aromatic heterocycles. The molecule has 29 heavy (non-hydrogen) atoms. The van der Waals surface area contributed by atoms with E-state index in [4.69, 9.17) is 5.73 Å². The molecule has 1 aromatic carbocycles. The summed E-state index contributed by atoms with van der Waals surface area (Å²) in [6.45, 7) is 6.16. The molecular formula is C21H22N6OS. The average Bonchev–Trinajstić information content (AvgIpc) is 2.75. The van der Waals surface area contributed by atoms with Gasteiger partial charge in [0.15, 0.2) is 0 Å². The van der Waals surface area contributed by atoms with E-state index in [-0.39, 0.29) is 6.03 Å². The zero-order valence-corrected chi connectivity index (χ0v) is 16.9. The first-order chi connectivity index (χ1) is 14.1. The number of carbonyl (C=O) groups is 1. The van der Waals surface area contributed by atoms with Crippen LogP contribution in [-0.4, -0.2) is 35.1 Å². The number of carbonyl (C=O) groups excluding carboxylic acids is 1. The molecule has 0 saturated heterocycles. The molecule has 0 bridgehead atoms. The average molecular weight is 407 g/mol. The van der Waals surface area contributed by atoms with Crippen LogP contribution in [0.15, 0.2) is 64.9 Å². The number of amides is 2. The number of rotatable bonds is 7. The van der Waals surface area contributed by atoms with Gasteiger partial charge < -0.3 is 16.4 Å². The highest BCUT2D eigenvalue weighted by molar-refractivity contribution is 7.99. The predicted octanol–water partition coefficient (Wildman–Crippen LogP) is 4.09. The molecule has 148 valence electrons. The van der Waals surface area contributed by atoms with Crippen LogP contribution in [0.4, 0.5) is 16.2 Å². The van der Waals surface area contributed by atoms with Gasteiger partial charge in [-0.25, -0.2) is 4.79 Å². The van der Waals surface area contributed by atoms with Crippen molar-refractivity contribution < 1.29 is 4.79 Å². The molecule has 0 radical (unpaired) electrons. The lowest BCUT2D eigenvalue weighted by Crippen LogP contribution is -2.34. The molecule has 0 saturated carbocycles. The smallest absolute Gasteiger partial charge is 0.315 e. The van der Waals surface area contributed by atoms with Crippen LogP contribution in [0.1, 0.15) is 6.92 Å². The number of nitrogens with zero attached hydrogens (tertiary/aromatic N) is 3. The fourth-order valence-electron chi connectivity index (χ4n) is 2.73. The zero-order valence-electron chi connectivity index (χ0n) is 16.1. The van der Waals surface area contributed by atoms with E-state index < -0.39 is 0 Å². The van der Waals surface area contributed by atoms with Gasteiger partial charge in [0.2, 0.25) is 0 Å². The van der Waals surface area contributed by atoms with E-state index in [2.05, 4.69) is 32.3 Å². The second-order valence-electron chi connectivity index (χ2n) is 6.07. The number of aromatic nitrogens is 2. The van der Waals surface area contributed by atoms with Crippen molar-refractivity contribution in [3.63, 3.8) is 0 Å². The van der Waals surface area contributed by atoms with Crippen molar-refractivity contribution >= 4 is 35.9 Å². The summed E-state index contributed by atoms with van der Waals surface area (Å²) >= 11 is 1.46. The highest BCUT2D eigenvalue weighted by Gasteiger charge is 2.15. The number of aliphatic imine (C=N–C) groups is 1. The van der Waals surface area contributed by atoms with E-state index in [9.17, 15) is 4.79 Å². The van der Waals surface area contributed by atoms with Crippen LogP contribution in [0.25, 0.3) is 22.4 Å². The summed E-state index contributed by atoms with van der Waals surface area (Å²) in [6.07, 6.45) is 5.15. The molecule has 0 spiro atoms. The molecule has 4 N–H and O–H groups in total. The van der Waals surface area contributed by atoms with Crippen LogP contribution in [0.3, 0.4) is 0 Å². The number of benzene rings is 1. The summed E-state index contributed by atoms with van der Waals surface area (Å²) in [7, 11) is 0. The lowest BCUT2D eigenvalue weighted by Gasteiger charge is -2.15. The SMILES string of the molecule is C=Nc1cc(-c2cccnc2)cc(-c2ccc(N)cn2)c1SCNC(=O)NCC. The van der Waals surface area contributed by atoms with Crippen LogP contribution in [0.2, 0.25) is 0 Å². The molecule has 0 fully saturated rings. The van der Waals surface area contributed by atoms with E-state index in [1.807, 2.05) is 43.3 Å². The Balaban J connectivity index is 2.03. The van der Waals surface area contributed by atoms with Gasteiger partial charge in [0, 0.05) is 35.0 Å². The second kappa shape index (κ2) is 9.70. The van der Waals surface area contributed by atoms with Crippen LogP contribution >= 0.6 is 11.8 Å². The number of hydrogen-bond donors (Lipinski definition) is 3. The van der Waals surface area contributed by atoms with E-state index in [0.717, 1.165) is 27.3 Å². The van der Waals surface area contributed by atoms with Crippen molar-refractivity contribution in [3.05, 3.63) is 55.0 Å². The molecule has 3 rings (SSSR count). The Morgan fingerprint density at radius 2 is 2.07 bits per heavy atom. The third kappa shape index (κ3) is 5.11. The Morgan fingerprint density at radius 3 is 2.72 bits per heavy atom. The van der Waals surface area contributed by atoms with Gasteiger partial charge >= 0.3 is 6.03 Å². The van der Waals surface area contributed by atoms with Gasteiger partial charge in [0.1, 0.15) is 0 Å². The standard InChI is InChI=1S/C21H22N6OS/c1-3-25-21(28)27-13-29-20-17(18-7-6-16(22)12-26-18)9-15(10-19(20)23-2)14-5-4-8-24-11-14/h4-12H,2-3,13,22H2,1H3,(H2,25,27,28). The Kier molecular flexibility index (Phi) is 6.80. The molecule has 3 aromatic rings. The molecule has 0 unspecified atom stereocenters. The number of pyridine rings is 2. The van der Waals surface area contributed by atoms with Crippen molar-refractivity contribution in [2.45, 2.75) is 11.8 Å². The Bertz CT molecular complexity index is 992. The molecule has 0 aliphatic rings. The van der Waals surface area contributed by atoms with E-state index in [1.165, 1.54) is 11.8 Å². The normalized spacial score (nSPS) is 10.4. The number of nitrogens with one attached hydrogen (secondary N) is 2. The topological polar surface area (TPSA) is 105 Å². The number of hydrogen-bond acceptors (Lipinski definition) is 6. The van der Waals surface area contributed by atoms with Crippen LogP contribution in [0.5, 0.6) is 0 Å². The Hall–Kier alpha value is -3.39. The first-order valence-corrected chi connectivity index (χ1v) is 10.0. The third-order valence-electron chi connectivity index (χ3n) is 4.08. The van der Waals surface area contributed by atoms with Gasteiger partial charge in [0.05, 0.1) is 29.1 Å². The zero-order chi connectivity index (χ0) is 20.6. The van der Waals surface area contributed by atoms with Gasteiger partial charge in [-0.1, -0.05) is 6.07 Å². The summed E-state index contributed by atoms with van der Waals surface area (Å²) < 4.78 is 0. The second-order valence-corrected chi connectivity index (χ2v) is 7.06. The van der Waals surface area contributed by atoms with Crippen molar-refractivity contribution in [3.8, 4) is 22.4 Å². The number of nitrogens with two attached hydrogens (primary N) is 1. The Morgan fingerprint density at radius 1 is 1.21 bits per heavy atom. The predicted molar refractivity (Wildman–Crippen MR) is 119 cm³/mol. The summed E-state index contributed by atoms with van der Waals surface area (Å²) in [5.74, 6) is 0.378. The number of anilines is 1. The monoisotopic (exact) mass is 406 g/mol. The van der Waals surface area contributed by atoms with Gasteiger partial charge in [0.25, 0.3) is 0 Å². The molecular weight excluding hydrogens is 384 g/mol. The molecule has 0 aliphatic carbocycles. The minimum atomic E-state index is -0.216. The number of thioether (sulfide) groups is 1. The lowest BCUT2D eigenvalue weighted by molar-refractivity contribution is 0.243. The van der Waals surface area contributed by atoms with Crippen molar-refractivity contribution in [1.82, 2.24) is 20.6 Å². The first-order valence-electron chi connectivity index (χ1n) is 9.04. The van der Waals surface area contributed by atoms with Gasteiger partial charge in [-0.3, -0.25) is 15.0 Å². The minimum absolute atomic E-state index is 0.216. The molecule has 0 atom stereocenters. The molecule has 8 heteroatoms. The maximum atomic E-state index is 11.7. The van der Waals surface area contributed by atoms with Gasteiger partial charge in [-0.15, -0.1) is 11.8 Å². The maximum absolute atomic E-state index is 11.7. The van der Waals surface area contributed by atoms with E-state index in [0.29, 0.717) is 23.8 Å². The summed E-state index contributed by atoms with van der Waals surface area (Å²) in [5, 5.41) is 5.53. The van der Waals surface area contributed by atoms with Crippen LogP contribution in [-0.2, 0) is 0 Å². The van der Waals surface area contributed by atoms with E-state index in [1.54, 1.807) is 18.6 Å². The fourth-order valence-corrected chi connectivity index (χ4v) is 3.67. The maximum Gasteiger partial charge on any atom is 0.315 e. The fraction of sp³-hybridized carbons (Fsp3) is 0.143. The largest absolute Gasteiger partial charge is 0.397 e. The minimum Gasteiger partial charge on any atom is -0.397 e. The highest BCUT2D eigenvalue weighted by Crippen LogP contribution is 2.41. The molecule has 7 nitrogen and oxygen atoms in total. The number of urea groups is 1. The third-order valence-corrected chi connectivity index (χ3v) is 5.09. The summed E-state index contributed by atoms with van der Waals surface area (Å²) in [6, 6.07) is 11.3. The summed E-state index contributed by atoms with van der Waals surface area (Å²) in [5.41, 5.74) is 10.7. The number of nitrogen functional groups attached to an aromatic ring is 1. The van der Waals surface area contributed by atoms with Gasteiger partial charge in [-0.2, -0.15) is 0 Å². The van der Waals surface area contributed by atoms with Crippen molar-refractivity contribution in [2.75, 3.05) is 18.2 Å². The quantitative estimate of drug-likeness (QED) is 0.311. The summed E-state index contributed by atoms with van der Waals surface area (Å²) in [4.78, 5) is 25.5. The highest BCUT2D eigenvalue weighted by atomic mass is 32.2. The van der Waals surface area contributed by atoms with Crippen molar-refractivity contribution in [1.29, 1.82) is 0 Å². The van der Waals surface area contributed by atoms with Gasteiger partial charge in [-0.05, 0) is 49.5 Å². The lowest BCUT2D eigenvalue weighted by atomic mass is 10.0. The van der Waals surface area contributed by atoms with Crippen LogP contribution < -0.4 is 16.4 Å². The molecule has 2 heterocycles.